The van der Waals surface area contributed by atoms with Gasteiger partial charge in [-0.1, -0.05) is 127 Å². The molecule has 0 saturated carbocycles. The van der Waals surface area contributed by atoms with E-state index < -0.39 is 21.3 Å². The van der Waals surface area contributed by atoms with Gasteiger partial charge in [0.2, 0.25) is 16.8 Å². The Kier molecular flexibility index (Phi) is 32.6. The normalized spacial score (nSPS) is 17.2. The van der Waals surface area contributed by atoms with Crippen molar-refractivity contribution in [3.8, 4) is 0 Å². The van der Waals surface area contributed by atoms with Crippen molar-refractivity contribution in [3.63, 3.8) is 0 Å². The molecule has 8 rings (SSSR count). The molecule has 0 aromatic heterocycles. The topological polar surface area (TPSA) is 211 Å². The number of ether oxygens (including phenoxy) is 2. The summed E-state index contributed by atoms with van der Waals surface area (Å²) in [4.78, 5) is 22.8. The summed E-state index contributed by atoms with van der Waals surface area (Å²) in [5.41, 5.74) is 8.52. The number of benzene rings is 4. The van der Waals surface area contributed by atoms with E-state index in [1.165, 1.54) is 98.9 Å². The van der Waals surface area contributed by atoms with E-state index in [9.17, 15) is 14.3 Å². The maximum Gasteiger partial charge on any atom is 0.269 e. The Bertz CT molecular complexity index is 2860. The van der Waals surface area contributed by atoms with Crippen molar-refractivity contribution < 1.29 is 82.7 Å². The largest absolute Gasteiger partial charge is 0.781 e. The number of non-ortho nitro benzene ring substituents is 1. The van der Waals surface area contributed by atoms with Crippen LogP contribution in [0.2, 0.25) is 0 Å². The smallest absolute Gasteiger partial charge is 0.269 e. The maximum absolute atomic E-state index is 11.9. The molecule has 4 aromatic carbocycles. The third-order valence-electron chi connectivity index (χ3n) is 14.5. The molecule has 0 bridgehead atoms. The molecule has 2 fully saturated rings. The first kappa shape index (κ1) is 74.4. The molecule has 4 aliphatic heterocycles. The third kappa shape index (κ3) is 24.0. The minimum absolute atomic E-state index is 0. The van der Waals surface area contributed by atoms with Crippen LogP contribution in [-0.4, -0.2) is 95.2 Å². The van der Waals surface area contributed by atoms with Crippen LogP contribution in [0.5, 0.6) is 0 Å². The number of hydrogen-bond donors (Lipinski definition) is 0. The third-order valence-corrected chi connectivity index (χ3v) is 17.7. The van der Waals surface area contributed by atoms with Crippen LogP contribution in [0, 0.1) is 27.3 Å². The molecule has 17 nitrogen and oxygen atoms in total. The number of nitrogens with zero attached hydrogens (tertiary/aromatic N) is 5. The number of hydrogen-bond acceptors (Lipinski definition) is 20. The number of allylic oxidation sites excluding steroid dienone is 4. The second kappa shape index (κ2) is 37.2. The fourth-order valence-corrected chi connectivity index (χ4v) is 12.1. The first-order valence-electron chi connectivity index (χ1n) is 28.5. The number of fused-ring (bicyclic) bond motifs is 2. The zero-order valence-corrected chi connectivity index (χ0v) is 56.1. The van der Waals surface area contributed by atoms with E-state index >= 15 is 0 Å². The van der Waals surface area contributed by atoms with Gasteiger partial charge in [0.25, 0.3) is 5.69 Å². The average Bonchev–Trinajstić information content (AvgIpc) is 1.76. The second-order valence-electron chi connectivity index (χ2n) is 21.6. The Morgan fingerprint density at radius 3 is 1.86 bits per heavy atom. The van der Waals surface area contributed by atoms with E-state index in [0.717, 1.165) is 47.7 Å². The zero-order chi connectivity index (χ0) is 61.5. The number of halogens is 1. The van der Waals surface area contributed by atoms with Crippen LogP contribution in [0.15, 0.2) is 126 Å². The molecule has 1 atom stereocenters. The molecule has 25 heteroatoms. The molecular weight excluding hydrogens is 1270 g/mol. The number of nitro groups is 1. The molecule has 0 N–H and O–H groups in total. The van der Waals surface area contributed by atoms with Crippen LogP contribution < -0.4 is 23.5 Å². The SMILES string of the molecule is CCCCCCCCN1/C(=C\C=C/C2=[N+](CCCCCCCC)c3ccc(C)cc3C2(C)C)C(C)(C)c2cc([N+](=O)[O-])ccc21.O=S(ON1CCOCC1)c1ccc([S-])c([S-])c1.[Cu].[O-][Cl+3]([O-])([O-])[O-].[S-]c1ccc(SOON2CCOCC2)cc1[S-]. The van der Waals surface area contributed by atoms with Gasteiger partial charge in [-0.25, -0.2) is 22.8 Å². The Labute approximate surface area is 545 Å². The summed E-state index contributed by atoms with van der Waals surface area (Å²) < 4.78 is 69.2. The van der Waals surface area contributed by atoms with E-state index in [1.54, 1.807) is 52.6 Å². The Hall–Kier alpha value is -3.02. The molecule has 0 spiro atoms. The predicted molar refractivity (Wildman–Crippen MR) is 327 cm³/mol. The predicted octanol–water partition coefficient (Wildman–Crippen LogP) is 8.97. The molecule has 1 unspecified atom stereocenters. The Morgan fingerprint density at radius 2 is 1.27 bits per heavy atom. The fraction of sp³-hybridized carbons (Fsp3) is 0.517. The average molecular weight is 1350 g/mol. The molecule has 0 aliphatic carbocycles. The molecule has 475 valence electrons. The summed E-state index contributed by atoms with van der Waals surface area (Å²) in [5, 5.41) is 15.1. The quantitative estimate of drug-likeness (QED) is 0.00936. The van der Waals surface area contributed by atoms with E-state index in [1.807, 2.05) is 12.1 Å². The molecule has 1 radical (unpaired) electrons. The molecule has 85 heavy (non-hydrogen) atoms. The van der Waals surface area contributed by atoms with Gasteiger partial charge in [0.15, 0.2) is 5.71 Å². The van der Waals surface area contributed by atoms with E-state index in [4.69, 9.17) is 92.2 Å². The number of hydroxylamine groups is 4. The summed E-state index contributed by atoms with van der Waals surface area (Å²) in [6.45, 7) is 23.0. The first-order valence-corrected chi connectivity index (χ1v) is 33.2. The Balaban J connectivity index is 0.000000313. The van der Waals surface area contributed by atoms with Crippen LogP contribution >= 0.6 is 12.0 Å². The number of morpholine rings is 2. The number of unbranched alkanes of at least 4 members (excludes halogenated alkanes) is 10. The van der Waals surface area contributed by atoms with Gasteiger partial charge in [0.05, 0.1) is 66.8 Å². The van der Waals surface area contributed by atoms with Gasteiger partial charge in [0, 0.05) is 94.7 Å². The van der Waals surface area contributed by atoms with Crippen LogP contribution in [-0.2, 0) is 113 Å². The zero-order valence-electron chi connectivity index (χ0n) is 49.5. The number of anilines is 1. The number of nitro benzene ring substituents is 1. The summed E-state index contributed by atoms with van der Waals surface area (Å²) in [5.74, 6) is 0. The summed E-state index contributed by atoms with van der Waals surface area (Å²) in [6, 6.07) is 22.8. The second-order valence-corrected chi connectivity index (χ2v) is 26.0. The minimum atomic E-state index is -4.94. The van der Waals surface area contributed by atoms with Gasteiger partial charge in [-0.2, -0.15) is 38.6 Å². The van der Waals surface area contributed by atoms with Crippen LogP contribution in [0.3, 0.4) is 0 Å². The van der Waals surface area contributed by atoms with Gasteiger partial charge >= 0.3 is 0 Å². The van der Waals surface area contributed by atoms with E-state index in [2.05, 4.69) is 94.4 Å². The van der Waals surface area contributed by atoms with Crippen molar-refractivity contribution in [2.75, 3.05) is 70.6 Å². The van der Waals surface area contributed by atoms with Crippen molar-refractivity contribution in [2.24, 2.45) is 0 Å². The number of rotatable bonds is 24. The van der Waals surface area contributed by atoms with Crippen LogP contribution in [0.4, 0.5) is 17.1 Å². The van der Waals surface area contributed by atoms with Crippen molar-refractivity contribution in [1.82, 2.24) is 10.1 Å². The van der Waals surface area contributed by atoms with Gasteiger partial charge in [-0.05, 0) is 69.5 Å². The molecular formula is C60H80ClCuN5O12S6-4. The van der Waals surface area contributed by atoms with Crippen molar-refractivity contribution in [2.45, 2.75) is 166 Å². The summed E-state index contributed by atoms with van der Waals surface area (Å²) in [6.07, 6.45) is 22.0. The Morgan fingerprint density at radius 1 is 0.706 bits per heavy atom. The van der Waals surface area contributed by atoms with Crippen molar-refractivity contribution in [1.29, 1.82) is 0 Å². The van der Waals surface area contributed by atoms with Gasteiger partial charge in [-0.3, -0.25) is 10.1 Å². The van der Waals surface area contributed by atoms with Gasteiger partial charge in [-0.15, -0.1) is 19.6 Å². The first-order chi connectivity index (χ1) is 40.0. The molecule has 4 aliphatic rings. The molecule has 4 aromatic rings. The maximum atomic E-state index is 11.9. The van der Waals surface area contributed by atoms with Gasteiger partial charge < -0.3 is 64.9 Å². The minimum Gasteiger partial charge on any atom is -0.781 e. The van der Waals surface area contributed by atoms with Crippen LogP contribution in [0.25, 0.3) is 0 Å². The fourth-order valence-electron chi connectivity index (χ4n) is 9.99. The number of aryl methyl sites for hydroxylation is 1. The summed E-state index contributed by atoms with van der Waals surface area (Å²) in [7, 11) is -4.94. The van der Waals surface area contributed by atoms with Crippen molar-refractivity contribution in [3.05, 3.63) is 124 Å². The van der Waals surface area contributed by atoms with Crippen LogP contribution in [0.1, 0.15) is 135 Å². The molecule has 0 amide bonds. The standard InChI is InChI=1S/C40H58N3O2.2C10H13NO3S3.ClHO4.Cu/c1-8-10-12-14-16-18-27-41-35-25-23-31(3)29-33(35)39(4,5)37(41)21-20-22-38-40(6,7)34-30-32(43(44)45)24-26-36(34)42(38)28-19-17-15-13-11-9-2;12-17(14-11-3-5-13-6-4-11)8-1-2-9(15)10(16)7-8;15-9-2-1-8(7-10(9)16)17-14-13-11-3-5-12-6-4-11;2-1(3,4)5;/h20-26,29-30H,8-19,27-28H2,1-7H3;2*1-2,7,15-16H,3-6H2;(H,2,3,4,5);/q+1;;;;/p-5. The van der Waals surface area contributed by atoms with E-state index in [0.29, 0.717) is 77.1 Å². The molecule has 4 heterocycles. The summed E-state index contributed by atoms with van der Waals surface area (Å²) >= 11 is 19.7. The van der Waals surface area contributed by atoms with E-state index in [-0.39, 0.29) is 38.5 Å². The monoisotopic (exact) mass is 1350 g/mol. The molecule has 2 saturated heterocycles. The van der Waals surface area contributed by atoms with Crippen molar-refractivity contribution >= 4 is 96.4 Å². The van der Waals surface area contributed by atoms with Gasteiger partial charge in [0.1, 0.15) is 6.54 Å².